The van der Waals surface area contributed by atoms with Crippen LogP contribution in [0.25, 0.3) is 10.9 Å². The number of nitrogens with zero attached hydrogens (tertiary/aromatic N) is 2. The summed E-state index contributed by atoms with van der Waals surface area (Å²) in [6.45, 7) is 2.02. The third-order valence-electron chi connectivity index (χ3n) is 5.03. The number of rotatable bonds is 4. The molecule has 0 amide bonds. The minimum Gasteiger partial charge on any atom is -0.399 e. The van der Waals surface area contributed by atoms with Gasteiger partial charge >= 0.3 is 0 Å². The van der Waals surface area contributed by atoms with Gasteiger partial charge in [0.05, 0.1) is 15.0 Å². The van der Waals surface area contributed by atoms with Crippen molar-refractivity contribution in [3.05, 3.63) is 60.3 Å². The molecule has 0 aliphatic carbocycles. The molecule has 1 aliphatic rings. The number of benzene rings is 2. The first-order valence-electron chi connectivity index (χ1n) is 8.50. The normalized spacial score (nSPS) is 18.6. The molecule has 0 saturated carbocycles. The van der Waals surface area contributed by atoms with Crippen LogP contribution in [0.5, 0.6) is 0 Å². The van der Waals surface area contributed by atoms with E-state index in [1.165, 1.54) is 3.97 Å². The maximum absolute atomic E-state index is 13.2. The van der Waals surface area contributed by atoms with Gasteiger partial charge in [-0.15, -0.1) is 0 Å². The summed E-state index contributed by atoms with van der Waals surface area (Å²) in [5.74, 6) is 0.359. The molecule has 1 aliphatic heterocycles. The molecular weight excluding hydrogens is 461 g/mol. The highest BCUT2D eigenvalue weighted by atomic mass is 127. The molecule has 1 fully saturated rings. The molecule has 136 valence electrons. The average Bonchev–Trinajstić information content (AvgIpc) is 3.26. The first-order chi connectivity index (χ1) is 12.5. The van der Waals surface area contributed by atoms with E-state index in [9.17, 15) is 8.42 Å². The number of nitrogens with two attached hydrogens (primary N) is 1. The SMILES string of the molecule is Nc1ccc(S(=O)(=O)n2cc(C3CCN(CI)C3)c3ccccc32)cc1. The van der Waals surface area contributed by atoms with Crippen molar-refractivity contribution >= 4 is 49.2 Å². The second kappa shape index (κ2) is 6.86. The van der Waals surface area contributed by atoms with E-state index in [0.29, 0.717) is 11.6 Å². The molecule has 0 radical (unpaired) electrons. The summed E-state index contributed by atoms with van der Waals surface area (Å²) in [4.78, 5) is 2.64. The minimum absolute atomic E-state index is 0.249. The summed E-state index contributed by atoms with van der Waals surface area (Å²) >= 11 is 2.38. The van der Waals surface area contributed by atoms with E-state index in [1.54, 1.807) is 24.3 Å². The van der Waals surface area contributed by atoms with Crippen LogP contribution in [-0.4, -0.2) is 34.9 Å². The van der Waals surface area contributed by atoms with Crippen molar-refractivity contribution in [2.24, 2.45) is 0 Å². The van der Waals surface area contributed by atoms with Gasteiger partial charge in [0.25, 0.3) is 10.0 Å². The molecule has 0 bridgehead atoms. The summed E-state index contributed by atoms with van der Waals surface area (Å²) in [6.07, 6.45) is 2.87. The number of hydrogen-bond donors (Lipinski definition) is 1. The molecule has 3 aromatic rings. The van der Waals surface area contributed by atoms with Gasteiger partial charge in [0.15, 0.2) is 0 Å². The second-order valence-corrected chi connectivity index (χ2v) is 9.15. The lowest BCUT2D eigenvalue weighted by Gasteiger charge is -2.11. The Morgan fingerprint density at radius 3 is 2.54 bits per heavy atom. The van der Waals surface area contributed by atoms with Crippen molar-refractivity contribution in [2.45, 2.75) is 17.2 Å². The van der Waals surface area contributed by atoms with Gasteiger partial charge in [-0.3, -0.25) is 4.90 Å². The quantitative estimate of drug-likeness (QED) is 0.268. The van der Waals surface area contributed by atoms with Gasteiger partial charge in [-0.05, 0) is 54.8 Å². The van der Waals surface area contributed by atoms with Crippen LogP contribution in [0.2, 0.25) is 0 Å². The largest absolute Gasteiger partial charge is 0.399 e. The highest BCUT2D eigenvalue weighted by Crippen LogP contribution is 2.35. The molecule has 0 spiro atoms. The van der Waals surface area contributed by atoms with Gasteiger partial charge in [-0.2, -0.15) is 0 Å². The smallest absolute Gasteiger partial charge is 0.268 e. The number of aromatic nitrogens is 1. The fraction of sp³-hybridized carbons (Fsp3) is 0.263. The Morgan fingerprint density at radius 1 is 1.12 bits per heavy atom. The first-order valence-corrected chi connectivity index (χ1v) is 11.5. The summed E-state index contributed by atoms with van der Waals surface area (Å²) in [6, 6.07) is 14.1. The molecule has 7 heteroatoms. The van der Waals surface area contributed by atoms with Crippen LogP contribution in [0, 0.1) is 0 Å². The molecule has 2 heterocycles. The maximum Gasteiger partial charge on any atom is 0.268 e. The summed E-state index contributed by atoms with van der Waals surface area (Å²) in [5.41, 5.74) is 8.10. The van der Waals surface area contributed by atoms with E-state index in [0.717, 1.165) is 40.5 Å². The number of fused-ring (bicyclic) bond motifs is 1. The third-order valence-corrected chi connectivity index (χ3v) is 7.68. The fourth-order valence-corrected chi connectivity index (χ4v) is 5.65. The van der Waals surface area contributed by atoms with Crippen LogP contribution < -0.4 is 5.73 Å². The van der Waals surface area contributed by atoms with Gasteiger partial charge in [0, 0.05) is 23.8 Å². The summed E-state index contributed by atoms with van der Waals surface area (Å²) in [5, 5.41) is 1.02. The monoisotopic (exact) mass is 481 g/mol. The molecule has 4 rings (SSSR count). The standard InChI is InChI=1S/C19H20IN3O2S/c20-13-22-10-9-14(11-22)18-12-23(19-4-2-1-3-17(18)19)26(24,25)16-7-5-15(21)6-8-16/h1-8,12,14H,9-11,13,21H2. The van der Waals surface area contributed by atoms with Crippen molar-refractivity contribution in [1.29, 1.82) is 0 Å². The van der Waals surface area contributed by atoms with E-state index in [2.05, 4.69) is 27.5 Å². The van der Waals surface area contributed by atoms with E-state index >= 15 is 0 Å². The number of likely N-dealkylation sites (tertiary alicyclic amines) is 1. The lowest BCUT2D eigenvalue weighted by Crippen LogP contribution is -2.17. The molecule has 26 heavy (non-hydrogen) atoms. The molecule has 1 unspecified atom stereocenters. The molecule has 2 N–H and O–H groups in total. The number of hydrogen-bond acceptors (Lipinski definition) is 4. The van der Waals surface area contributed by atoms with Gasteiger partial charge in [-0.25, -0.2) is 12.4 Å². The van der Waals surface area contributed by atoms with Gasteiger partial charge in [0.2, 0.25) is 0 Å². The van der Waals surface area contributed by atoms with Crippen LogP contribution in [0.4, 0.5) is 5.69 Å². The van der Waals surface area contributed by atoms with Crippen molar-refractivity contribution < 1.29 is 8.42 Å². The second-order valence-electron chi connectivity index (χ2n) is 6.65. The van der Waals surface area contributed by atoms with E-state index in [-0.39, 0.29) is 4.90 Å². The average molecular weight is 481 g/mol. The van der Waals surface area contributed by atoms with Gasteiger partial charge < -0.3 is 5.73 Å². The predicted molar refractivity (Wildman–Crippen MR) is 113 cm³/mol. The van der Waals surface area contributed by atoms with Crippen LogP contribution >= 0.6 is 22.6 Å². The van der Waals surface area contributed by atoms with Gasteiger partial charge in [0.1, 0.15) is 0 Å². The molecule has 5 nitrogen and oxygen atoms in total. The molecule has 2 aromatic carbocycles. The van der Waals surface area contributed by atoms with Crippen LogP contribution in [0.3, 0.4) is 0 Å². The highest BCUT2D eigenvalue weighted by molar-refractivity contribution is 14.1. The minimum atomic E-state index is -3.66. The lowest BCUT2D eigenvalue weighted by molar-refractivity contribution is 0.404. The van der Waals surface area contributed by atoms with E-state index in [1.807, 2.05) is 30.5 Å². The number of anilines is 1. The van der Waals surface area contributed by atoms with Gasteiger partial charge in [-0.1, -0.05) is 40.8 Å². The molecule has 1 saturated heterocycles. The van der Waals surface area contributed by atoms with Crippen molar-refractivity contribution in [1.82, 2.24) is 8.87 Å². The van der Waals surface area contributed by atoms with Crippen LogP contribution in [-0.2, 0) is 10.0 Å². The van der Waals surface area contributed by atoms with E-state index < -0.39 is 10.0 Å². The zero-order valence-electron chi connectivity index (χ0n) is 14.2. The van der Waals surface area contributed by atoms with Crippen LogP contribution in [0.15, 0.2) is 59.6 Å². The zero-order valence-corrected chi connectivity index (χ0v) is 17.2. The molecule has 1 atom stereocenters. The van der Waals surface area contributed by atoms with Crippen molar-refractivity contribution in [2.75, 3.05) is 23.4 Å². The topological polar surface area (TPSA) is 68.3 Å². The summed E-state index contributed by atoms with van der Waals surface area (Å²) in [7, 11) is -3.66. The van der Waals surface area contributed by atoms with Crippen molar-refractivity contribution in [3.8, 4) is 0 Å². The van der Waals surface area contributed by atoms with Crippen LogP contribution in [0.1, 0.15) is 17.9 Å². The Hall–Kier alpha value is -1.58. The Morgan fingerprint density at radius 2 is 1.85 bits per heavy atom. The Balaban J connectivity index is 1.85. The Bertz CT molecular complexity index is 1040. The number of alkyl halides is 1. The van der Waals surface area contributed by atoms with E-state index in [4.69, 9.17) is 5.73 Å². The lowest BCUT2D eigenvalue weighted by atomic mass is 9.98. The molecular formula is C19H20IN3O2S. The number of nitrogen functional groups attached to an aromatic ring is 1. The number of para-hydroxylation sites is 1. The Labute approximate surface area is 167 Å². The predicted octanol–water partition coefficient (Wildman–Crippen LogP) is 3.64. The van der Waals surface area contributed by atoms with Crippen molar-refractivity contribution in [3.63, 3.8) is 0 Å². The highest BCUT2D eigenvalue weighted by Gasteiger charge is 2.28. The number of halogens is 1. The fourth-order valence-electron chi connectivity index (χ4n) is 3.65. The molecule has 1 aromatic heterocycles. The zero-order chi connectivity index (χ0) is 18.3. The Kier molecular flexibility index (Phi) is 4.70. The maximum atomic E-state index is 13.2. The first kappa shape index (κ1) is 17.8. The third kappa shape index (κ3) is 3.01. The summed E-state index contributed by atoms with van der Waals surface area (Å²) < 4.78 is 28.9.